The van der Waals surface area contributed by atoms with Gasteiger partial charge in [-0.05, 0) is 141 Å². The van der Waals surface area contributed by atoms with Crippen molar-refractivity contribution < 1.29 is 80.2 Å². The van der Waals surface area contributed by atoms with E-state index in [2.05, 4.69) is 161 Å². The van der Waals surface area contributed by atoms with Crippen molar-refractivity contribution in [1.29, 1.82) is 0 Å². The third-order valence-corrected chi connectivity index (χ3v) is 19.0. The van der Waals surface area contributed by atoms with Crippen LogP contribution < -0.4 is 0 Å². The minimum Gasteiger partial charge on any atom is -0.462 e. The highest BCUT2D eigenvalue weighted by Crippen LogP contribution is 2.45. The fraction of sp³-hybridized carbons (Fsp3) is 0.701. The molecule has 0 aliphatic carbocycles. The molecule has 19 heteroatoms. The van der Waals surface area contributed by atoms with Crippen LogP contribution in [0.25, 0.3) is 0 Å². The molecule has 0 saturated carbocycles. The Morgan fingerprint density at radius 2 is 0.491 bits per heavy atom. The van der Waals surface area contributed by atoms with Crippen LogP contribution >= 0.6 is 15.6 Å². The fourth-order valence-electron chi connectivity index (χ4n) is 10.9. The first-order valence-electron chi connectivity index (χ1n) is 41.4. The fourth-order valence-corrected chi connectivity index (χ4v) is 12.4. The SMILES string of the molecule is CC/C=C\C/C=C\C/C=C\C/C=C\C/C=C\CCCCCC(=O)OC[C@H](COP(=O)(O)OC[C@@H](O)COP(=O)(O)OC[C@@H](COC(=O)CCCCCCC/C=C\CCCCCC)OC(=O)CCCCCCCCCCCCCCCCC)OC(=O)CCCCC/C=C\C/C=C\C/C=C\C/C=C\C/C=C\CC. The summed E-state index contributed by atoms with van der Waals surface area (Å²) in [7, 11) is -9.98. The molecule has 106 heavy (non-hydrogen) atoms. The molecule has 0 radical (unpaired) electrons. The van der Waals surface area contributed by atoms with Gasteiger partial charge in [0.1, 0.15) is 19.3 Å². The Balaban J connectivity index is 5.44. The predicted octanol–water partition coefficient (Wildman–Crippen LogP) is 24.4. The summed E-state index contributed by atoms with van der Waals surface area (Å²) in [5.41, 5.74) is 0. The molecule has 0 bridgehead atoms. The number of hydrogen-bond acceptors (Lipinski definition) is 15. The van der Waals surface area contributed by atoms with Crippen LogP contribution in [0.2, 0.25) is 0 Å². The van der Waals surface area contributed by atoms with Crippen LogP contribution in [0.4, 0.5) is 0 Å². The maximum atomic E-state index is 13.1. The van der Waals surface area contributed by atoms with Gasteiger partial charge in [0, 0.05) is 25.7 Å². The normalized spacial score (nSPS) is 14.5. The molecule has 0 aliphatic heterocycles. The number of ether oxygens (including phenoxy) is 4. The van der Waals surface area contributed by atoms with Gasteiger partial charge in [-0.25, -0.2) is 9.13 Å². The maximum absolute atomic E-state index is 13.1. The highest BCUT2D eigenvalue weighted by molar-refractivity contribution is 7.47. The van der Waals surface area contributed by atoms with E-state index < -0.39 is 97.5 Å². The molecule has 0 saturated heterocycles. The van der Waals surface area contributed by atoms with Crippen molar-refractivity contribution in [3.8, 4) is 0 Å². The van der Waals surface area contributed by atoms with Crippen LogP contribution in [0.1, 0.15) is 336 Å². The second-order valence-electron chi connectivity index (χ2n) is 27.3. The van der Waals surface area contributed by atoms with Crippen molar-refractivity contribution in [2.75, 3.05) is 39.6 Å². The maximum Gasteiger partial charge on any atom is 0.472 e. The number of hydrogen-bond donors (Lipinski definition) is 3. The molecule has 0 heterocycles. The first kappa shape index (κ1) is 101. The lowest BCUT2D eigenvalue weighted by molar-refractivity contribution is -0.161. The molecule has 0 rings (SSSR count). The van der Waals surface area contributed by atoms with Crippen molar-refractivity contribution in [2.45, 2.75) is 354 Å². The molecule has 17 nitrogen and oxygen atoms in total. The molecule has 0 spiro atoms. The smallest absolute Gasteiger partial charge is 0.462 e. The number of unbranched alkanes of at least 4 members (excludes halogenated alkanes) is 29. The summed E-state index contributed by atoms with van der Waals surface area (Å²) in [4.78, 5) is 73.1. The number of phosphoric acid groups is 2. The van der Waals surface area contributed by atoms with Gasteiger partial charge in [0.25, 0.3) is 0 Å². The first-order chi connectivity index (χ1) is 51.7. The molecule has 0 fully saturated rings. The second kappa shape index (κ2) is 78.3. The zero-order valence-corrected chi connectivity index (χ0v) is 68.4. The van der Waals surface area contributed by atoms with Crippen LogP contribution in [-0.4, -0.2) is 96.7 Å². The average molecular weight is 1530 g/mol. The Morgan fingerprint density at radius 1 is 0.274 bits per heavy atom. The van der Waals surface area contributed by atoms with Crippen molar-refractivity contribution in [1.82, 2.24) is 0 Å². The summed E-state index contributed by atoms with van der Waals surface area (Å²) >= 11 is 0. The minimum absolute atomic E-state index is 0.0446. The molecule has 0 aromatic heterocycles. The van der Waals surface area contributed by atoms with E-state index in [1.54, 1.807) is 0 Å². The third-order valence-electron chi connectivity index (χ3n) is 17.1. The Morgan fingerprint density at radius 3 is 0.783 bits per heavy atom. The van der Waals surface area contributed by atoms with E-state index in [1.807, 2.05) is 0 Å². The molecule has 2 unspecified atom stereocenters. The topological polar surface area (TPSA) is 237 Å². The molecular formula is C87H148O17P2. The standard InChI is InChI=1S/C87H148O17P2/c1-5-9-13-17-21-25-29-33-36-38-40-42-45-48-52-56-60-64-68-72-85(90)98-78-83(104-87(92)74-70-66-62-58-54-50-46-43-41-39-37-34-30-26-22-18-14-10-6-2)80-102-106(95,96)100-76-81(88)75-99-105(93,94)101-79-82(77-97-84(89)71-67-63-59-55-51-47-32-28-24-20-16-12-8-4)103-86(91)73-69-65-61-57-53-49-44-35-31-27-23-19-15-11-7-3/h9-10,13-14,21-22,25-26,28,32-34,36-37,40-43,48,50,52,54,81-83,88H,5-8,11-12,15-20,23-24,27,29-31,35,38-39,44-47,49,51,53,55-80H2,1-4H3,(H,93,94)(H,95,96)/b13-9-,14-10-,25-21-,26-22-,32-28-,36-33-,37-34-,42-40-,43-41-,52-48-,54-50-/t81-,82+,83+/m0/s1. The molecular weight excluding hydrogens is 1380 g/mol. The first-order valence-corrected chi connectivity index (χ1v) is 44.4. The van der Waals surface area contributed by atoms with Gasteiger partial charge >= 0.3 is 39.5 Å². The van der Waals surface area contributed by atoms with Crippen molar-refractivity contribution in [3.05, 3.63) is 134 Å². The van der Waals surface area contributed by atoms with Gasteiger partial charge in [0.15, 0.2) is 12.2 Å². The number of aliphatic hydroxyl groups is 1. The Bertz CT molecular complexity index is 2530. The van der Waals surface area contributed by atoms with Crippen LogP contribution in [0.5, 0.6) is 0 Å². The quantitative estimate of drug-likeness (QED) is 0.0169. The number of aliphatic hydroxyl groups excluding tert-OH is 1. The number of rotatable bonds is 77. The van der Waals surface area contributed by atoms with Crippen LogP contribution in [0.15, 0.2) is 134 Å². The summed E-state index contributed by atoms with van der Waals surface area (Å²) in [6, 6.07) is 0. The number of allylic oxidation sites excluding steroid dienone is 22. The Hall–Kier alpha value is -4.80. The van der Waals surface area contributed by atoms with Crippen LogP contribution in [-0.2, 0) is 65.4 Å². The van der Waals surface area contributed by atoms with Gasteiger partial charge in [0.05, 0.1) is 26.4 Å². The Kier molecular flexibility index (Phi) is 74.8. The average Bonchev–Trinajstić information content (AvgIpc) is 0.903. The van der Waals surface area contributed by atoms with E-state index in [9.17, 15) is 43.2 Å². The molecule has 3 N–H and O–H groups in total. The second-order valence-corrected chi connectivity index (χ2v) is 30.2. The van der Waals surface area contributed by atoms with Gasteiger partial charge in [0.2, 0.25) is 0 Å². The highest BCUT2D eigenvalue weighted by atomic mass is 31.2. The number of esters is 4. The lowest BCUT2D eigenvalue weighted by atomic mass is 10.0. The van der Waals surface area contributed by atoms with E-state index >= 15 is 0 Å². The molecule has 608 valence electrons. The zero-order chi connectivity index (χ0) is 77.4. The summed E-state index contributed by atoms with van der Waals surface area (Å²) in [6.45, 7) is 4.58. The Labute approximate surface area is 644 Å². The summed E-state index contributed by atoms with van der Waals surface area (Å²) in [6.07, 6.45) is 88.5. The largest absolute Gasteiger partial charge is 0.472 e. The van der Waals surface area contributed by atoms with Gasteiger partial charge in [-0.15, -0.1) is 0 Å². The summed E-state index contributed by atoms with van der Waals surface area (Å²) < 4.78 is 68.7. The number of carbonyl (C=O) groups is 4. The van der Waals surface area contributed by atoms with Crippen molar-refractivity contribution in [3.63, 3.8) is 0 Å². The third kappa shape index (κ3) is 77.4. The molecule has 0 aromatic rings. The predicted molar refractivity (Wildman–Crippen MR) is 436 cm³/mol. The van der Waals surface area contributed by atoms with E-state index in [4.69, 9.17) is 37.0 Å². The lowest BCUT2D eigenvalue weighted by Crippen LogP contribution is -2.30. The monoisotopic (exact) mass is 1530 g/mol. The van der Waals surface area contributed by atoms with Gasteiger partial charge < -0.3 is 33.8 Å². The zero-order valence-electron chi connectivity index (χ0n) is 66.6. The summed E-state index contributed by atoms with van der Waals surface area (Å²) in [5.74, 6) is -2.25. The minimum atomic E-state index is -5.00. The molecule has 0 aromatic carbocycles. The number of carbonyl (C=O) groups excluding carboxylic acids is 4. The number of phosphoric ester groups is 2. The highest BCUT2D eigenvalue weighted by Gasteiger charge is 2.30. The van der Waals surface area contributed by atoms with E-state index in [-0.39, 0.29) is 25.7 Å². The van der Waals surface area contributed by atoms with Crippen molar-refractivity contribution in [2.24, 2.45) is 0 Å². The van der Waals surface area contributed by atoms with Gasteiger partial charge in [-0.2, -0.15) is 0 Å². The molecule has 5 atom stereocenters. The van der Waals surface area contributed by atoms with Crippen LogP contribution in [0, 0.1) is 0 Å². The van der Waals surface area contributed by atoms with Crippen LogP contribution in [0.3, 0.4) is 0 Å². The molecule has 0 aliphatic rings. The van der Waals surface area contributed by atoms with E-state index in [0.717, 1.165) is 167 Å². The van der Waals surface area contributed by atoms with E-state index in [0.29, 0.717) is 25.7 Å². The van der Waals surface area contributed by atoms with Crippen molar-refractivity contribution >= 4 is 39.5 Å². The van der Waals surface area contributed by atoms with E-state index in [1.165, 1.54) is 89.9 Å². The van der Waals surface area contributed by atoms with Gasteiger partial charge in [-0.1, -0.05) is 303 Å². The summed E-state index contributed by atoms with van der Waals surface area (Å²) in [5, 5.41) is 10.7. The lowest BCUT2D eigenvalue weighted by Gasteiger charge is -2.21. The molecule has 0 amide bonds. The van der Waals surface area contributed by atoms with Gasteiger partial charge in [-0.3, -0.25) is 37.3 Å².